The highest BCUT2D eigenvalue weighted by atomic mass is 19.4. The predicted molar refractivity (Wildman–Crippen MR) is 91.2 cm³/mol. The number of benzene rings is 1. The number of amides is 1. The number of rotatable bonds is 5. The summed E-state index contributed by atoms with van der Waals surface area (Å²) in [4.78, 5) is 23.8. The van der Waals surface area contributed by atoms with Crippen LogP contribution in [-0.2, 0) is 15.7 Å². The fraction of sp³-hybridized carbons (Fsp3) is 0.389. The van der Waals surface area contributed by atoms with E-state index in [-0.39, 0.29) is 24.3 Å². The van der Waals surface area contributed by atoms with E-state index in [4.69, 9.17) is 9.84 Å². The van der Waals surface area contributed by atoms with Crippen molar-refractivity contribution in [2.45, 2.75) is 31.5 Å². The highest BCUT2D eigenvalue weighted by Crippen LogP contribution is 2.30. The Morgan fingerprint density at radius 3 is 2.75 bits per heavy atom. The summed E-state index contributed by atoms with van der Waals surface area (Å²) < 4.78 is 45.3. The number of hydrogen-bond donors (Lipinski definition) is 2. The summed E-state index contributed by atoms with van der Waals surface area (Å²) >= 11 is 0. The number of alkyl halides is 3. The molecular formula is C18H18F3N3O4. The van der Waals surface area contributed by atoms with Crippen molar-refractivity contribution in [2.75, 3.05) is 13.2 Å². The van der Waals surface area contributed by atoms with Gasteiger partial charge in [0.25, 0.3) is 5.91 Å². The Balaban J connectivity index is 1.87. The number of nitrogens with one attached hydrogen (secondary N) is 1. The maximum absolute atomic E-state index is 12.9. The maximum Gasteiger partial charge on any atom is 0.416 e. The molecule has 150 valence electrons. The van der Waals surface area contributed by atoms with Gasteiger partial charge in [-0.1, -0.05) is 6.07 Å². The van der Waals surface area contributed by atoms with Crippen LogP contribution in [0.2, 0.25) is 0 Å². The van der Waals surface area contributed by atoms with Crippen LogP contribution < -0.4 is 5.32 Å². The monoisotopic (exact) mass is 397 g/mol. The lowest BCUT2D eigenvalue weighted by Crippen LogP contribution is -2.50. The number of carbonyl (C=O) groups is 2. The van der Waals surface area contributed by atoms with Gasteiger partial charge in [0.1, 0.15) is 0 Å². The summed E-state index contributed by atoms with van der Waals surface area (Å²) in [7, 11) is 0. The van der Waals surface area contributed by atoms with Crippen molar-refractivity contribution in [2.24, 2.45) is 0 Å². The zero-order chi connectivity index (χ0) is 20.5. The average Bonchev–Trinajstić information content (AvgIpc) is 3.20. The van der Waals surface area contributed by atoms with Crippen LogP contribution in [-0.4, -0.2) is 45.5 Å². The van der Waals surface area contributed by atoms with Gasteiger partial charge in [-0.05, 0) is 31.5 Å². The molecule has 2 aromatic rings. The largest absolute Gasteiger partial charge is 0.481 e. The first kappa shape index (κ1) is 19.9. The van der Waals surface area contributed by atoms with E-state index in [1.807, 2.05) is 0 Å². The molecule has 2 heterocycles. The van der Waals surface area contributed by atoms with E-state index >= 15 is 0 Å². The normalized spacial score (nSPS) is 19.6. The molecule has 28 heavy (non-hydrogen) atoms. The van der Waals surface area contributed by atoms with Crippen molar-refractivity contribution >= 4 is 11.9 Å². The summed E-state index contributed by atoms with van der Waals surface area (Å²) in [5, 5.41) is 15.8. The Kier molecular flexibility index (Phi) is 5.16. The van der Waals surface area contributed by atoms with E-state index in [2.05, 4.69) is 10.4 Å². The first-order valence-corrected chi connectivity index (χ1v) is 8.46. The first-order valence-electron chi connectivity index (χ1n) is 8.46. The highest BCUT2D eigenvalue weighted by molar-refractivity contribution is 5.96. The molecule has 1 aliphatic rings. The number of ether oxygens (including phenoxy) is 1. The molecule has 0 aliphatic carbocycles. The van der Waals surface area contributed by atoms with Crippen LogP contribution in [0.1, 0.15) is 34.5 Å². The molecule has 1 amide bonds. The molecule has 0 spiro atoms. The van der Waals surface area contributed by atoms with Crippen molar-refractivity contribution in [3.63, 3.8) is 0 Å². The number of aliphatic carboxylic acids is 1. The van der Waals surface area contributed by atoms with Gasteiger partial charge in [-0.2, -0.15) is 18.3 Å². The standard InChI is InChI=1S/C18H18F3N3O4/c1-11-14(16(27)23-17(8-15(25)26)5-6-28-10-17)9-22-24(11)13-4-2-3-12(7-13)18(19,20)21/h2-4,7,9H,5-6,8,10H2,1H3,(H,23,27)(H,25,26). The second-order valence-electron chi connectivity index (χ2n) is 6.71. The Bertz CT molecular complexity index is 902. The number of carbonyl (C=O) groups excluding carboxylic acids is 1. The van der Waals surface area contributed by atoms with Crippen molar-refractivity contribution < 1.29 is 32.6 Å². The summed E-state index contributed by atoms with van der Waals surface area (Å²) in [5.41, 5.74) is -1.20. The third-order valence-corrected chi connectivity index (χ3v) is 4.64. The van der Waals surface area contributed by atoms with Crippen LogP contribution in [0.4, 0.5) is 13.2 Å². The van der Waals surface area contributed by atoms with Crippen molar-refractivity contribution in [3.8, 4) is 5.69 Å². The summed E-state index contributed by atoms with van der Waals surface area (Å²) in [5.74, 6) is -1.62. The molecular weight excluding hydrogens is 379 g/mol. The summed E-state index contributed by atoms with van der Waals surface area (Å²) in [6.07, 6.45) is -3.19. The zero-order valence-electron chi connectivity index (χ0n) is 14.9. The summed E-state index contributed by atoms with van der Waals surface area (Å²) in [6, 6.07) is 4.61. The van der Waals surface area contributed by atoms with Crippen molar-refractivity contribution in [3.05, 3.63) is 47.3 Å². The third-order valence-electron chi connectivity index (χ3n) is 4.64. The first-order chi connectivity index (χ1) is 13.1. The Morgan fingerprint density at radius 1 is 1.39 bits per heavy atom. The minimum Gasteiger partial charge on any atom is -0.481 e. The van der Waals surface area contributed by atoms with Crippen LogP contribution in [0.3, 0.4) is 0 Å². The lowest BCUT2D eigenvalue weighted by atomic mass is 9.94. The van der Waals surface area contributed by atoms with E-state index in [0.717, 1.165) is 12.1 Å². The van der Waals surface area contributed by atoms with Crippen LogP contribution in [0.25, 0.3) is 5.69 Å². The fourth-order valence-electron chi connectivity index (χ4n) is 3.19. The minimum atomic E-state index is -4.50. The van der Waals surface area contributed by atoms with E-state index in [1.165, 1.54) is 23.0 Å². The molecule has 10 heteroatoms. The van der Waals surface area contributed by atoms with Crippen LogP contribution >= 0.6 is 0 Å². The van der Waals surface area contributed by atoms with E-state index in [1.54, 1.807) is 6.92 Å². The number of aromatic nitrogens is 2. The zero-order valence-corrected chi connectivity index (χ0v) is 14.9. The molecule has 1 atom stereocenters. The lowest BCUT2D eigenvalue weighted by Gasteiger charge is -2.26. The Hall–Kier alpha value is -2.88. The van der Waals surface area contributed by atoms with Crippen molar-refractivity contribution in [1.82, 2.24) is 15.1 Å². The molecule has 1 aromatic heterocycles. The fourth-order valence-corrected chi connectivity index (χ4v) is 3.19. The molecule has 7 nitrogen and oxygen atoms in total. The maximum atomic E-state index is 12.9. The van der Waals surface area contributed by atoms with Gasteiger partial charge in [0, 0.05) is 6.61 Å². The van der Waals surface area contributed by atoms with Crippen molar-refractivity contribution in [1.29, 1.82) is 0 Å². The number of nitrogens with zero attached hydrogens (tertiary/aromatic N) is 2. The Labute approximate surface area is 158 Å². The lowest BCUT2D eigenvalue weighted by molar-refractivity contribution is -0.139. The molecule has 0 bridgehead atoms. The molecule has 1 fully saturated rings. The molecule has 1 unspecified atom stereocenters. The van der Waals surface area contributed by atoms with Crippen LogP contribution in [0, 0.1) is 6.92 Å². The van der Waals surface area contributed by atoms with E-state index in [0.29, 0.717) is 18.7 Å². The molecule has 3 rings (SSSR count). The molecule has 0 radical (unpaired) electrons. The SMILES string of the molecule is Cc1c(C(=O)NC2(CC(=O)O)CCOC2)cnn1-c1cccc(C(F)(F)F)c1. The molecule has 1 aliphatic heterocycles. The second kappa shape index (κ2) is 7.27. The van der Waals surface area contributed by atoms with Gasteiger partial charge in [0.2, 0.25) is 0 Å². The van der Waals surface area contributed by atoms with E-state index in [9.17, 15) is 22.8 Å². The van der Waals surface area contributed by atoms with E-state index < -0.39 is 29.2 Å². The number of carboxylic acids is 1. The molecule has 0 saturated carbocycles. The van der Waals surface area contributed by atoms with Gasteiger partial charge in [-0.25, -0.2) is 4.68 Å². The van der Waals surface area contributed by atoms with Gasteiger partial charge in [-0.3, -0.25) is 9.59 Å². The number of halogens is 3. The quantitative estimate of drug-likeness (QED) is 0.809. The van der Waals surface area contributed by atoms with Gasteiger partial charge < -0.3 is 15.2 Å². The number of hydrogen-bond acceptors (Lipinski definition) is 4. The van der Waals surface area contributed by atoms with Crippen LogP contribution in [0.15, 0.2) is 30.5 Å². The smallest absolute Gasteiger partial charge is 0.416 e. The second-order valence-corrected chi connectivity index (χ2v) is 6.71. The molecule has 1 aromatic carbocycles. The predicted octanol–water partition coefficient (Wildman–Crippen LogP) is 2.56. The van der Waals surface area contributed by atoms with Gasteiger partial charge in [0.15, 0.2) is 0 Å². The topological polar surface area (TPSA) is 93.5 Å². The summed E-state index contributed by atoms with van der Waals surface area (Å²) in [6.45, 7) is 1.96. The molecule has 1 saturated heterocycles. The number of carboxylic acid groups (broad SMARTS) is 1. The molecule has 2 N–H and O–H groups in total. The van der Waals surface area contributed by atoms with Gasteiger partial charge >= 0.3 is 12.1 Å². The minimum absolute atomic E-state index is 0.0753. The van der Waals surface area contributed by atoms with Crippen LogP contribution in [0.5, 0.6) is 0 Å². The highest BCUT2D eigenvalue weighted by Gasteiger charge is 2.39. The Morgan fingerprint density at radius 2 is 2.14 bits per heavy atom. The average molecular weight is 397 g/mol. The van der Waals surface area contributed by atoms with Gasteiger partial charge in [0.05, 0.1) is 47.3 Å². The van der Waals surface area contributed by atoms with Gasteiger partial charge in [-0.15, -0.1) is 0 Å². The third kappa shape index (κ3) is 4.01.